The van der Waals surface area contributed by atoms with Crippen LogP contribution in [0.4, 0.5) is 35.1 Å². The lowest BCUT2D eigenvalue weighted by Crippen LogP contribution is -2.23. The zero-order valence-electron chi connectivity index (χ0n) is 20.8. The van der Waals surface area contributed by atoms with Crippen molar-refractivity contribution in [2.75, 3.05) is 0 Å². The number of aromatic nitrogens is 1. The van der Waals surface area contributed by atoms with Crippen LogP contribution in [0.25, 0.3) is 11.1 Å². The number of hydrogen-bond donors (Lipinski definition) is 0. The molecule has 40 heavy (non-hydrogen) atoms. The van der Waals surface area contributed by atoms with E-state index in [9.17, 15) is 35.1 Å². The molecule has 4 rings (SSSR count). The smallest absolute Gasteiger partial charge is 0.429 e. The third-order valence-corrected chi connectivity index (χ3v) is 5.80. The fraction of sp³-hybridized carbons (Fsp3) is 0.167. The fourth-order valence-electron chi connectivity index (χ4n) is 3.78. The molecule has 0 radical (unpaired) electrons. The average Bonchev–Trinajstić information content (AvgIpc) is 2.89. The molecule has 4 aromatic rings. The molecule has 0 spiro atoms. The number of aryl methyl sites for hydroxylation is 1. The summed E-state index contributed by atoms with van der Waals surface area (Å²) >= 11 is 0. The molecule has 10 heteroatoms. The van der Waals surface area contributed by atoms with Crippen molar-refractivity contribution in [1.29, 1.82) is 0 Å². The first kappa shape index (κ1) is 28.6. The molecule has 206 valence electrons. The molecule has 0 fully saturated rings. The van der Waals surface area contributed by atoms with Crippen LogP contribution >= 0.6 is 0 Å². The summed E-state index contributed by atoms with van der Waals surface area (Å²) in [6.07, 6.45) is 0.226. The van der Waals surface area contributed by atoms with Crippen LogP contribution in [0.2, 0.25) is 0 Å². The minimum atomic E-state index is -4.37. The Balaban J connectivity index is 1.53. The van der Waals surface area contributed by atoms with Crippen LogP contribution < -0.4 is 4.74 Å². The van der Waals surface area contributed by atoms with Gasteiger partial charge in [0.25, 0.3) is 0 Å². The largest absolute Gasteiger partial charge is 0.429 e. The van der Waals surface area contributed by atoms with Gasteiger partial charge in [0.2, 0.25) is 0 Å². The van der Waals surface area contributed by atoms with E-state index in [1.807, 2.05) is 6.07 Å². The van der Waals surface area contributed by atoms with Crippen LogP contribution in [0.15, 0.2) is 60.8 Å². The number of nitrogens with zero attached hydrogens (tertiary/aromatic N) is 1. The van der Waals surface area contributed by atoms with Crippen LogP contribution in [0, 0.1) is 46.7 Å². The van der Waals surface area contributed by atoms with Gasteiger partial charge in [-0.25, -0.2) is 31.3 Å². The highest BCUT2D eigenvalue weighted by molar-refractivity contribution is 5.66. The molecular formula is C30H19F8NO. The number of rotatable bonds is 7. The van der Waals surface area contributed by atoms with Gasteiger partial charge in [-0.3, -0.25) is 0 Å². The monoisotopic (exact) mass is 561 g/mol. The van der Waals surface area contributed by atoms with Crippen molar-refractivity contribution in [3.05, 3.63) is 118 Å². The van der Waals surface area contributed by atoms with Crippen molar-refractivity contribution in [3.63, 3.8) is 0 Å². The van der Waals surface area contributed by atoms with Crippen molar-refractivity contribution in [1.82, 2.24) is 4.98 Å². The lowest BCUT2D eigenvalue weighted by atomic mass is 10.0. The Bertz CT molecular complexity index is 1560. The van der Waals surface area contributed by atoms with Crippen LogP contribution in [0.3, 0.4) is 0 Å². The van der Waals surface area contributed by atoms with E-state index in [1.165, 1.54) is 0 Å². The number of pyridine rings is 1. The summed E-state index contributed by atoms with van der Waals surface area (Å²) in [5.74, 6) is -5.42. The number of unbranched alkanes of at least 4 members (excludes halogenated alkanes) is 1. The van der Waals surface area contributed by atoms with E-state index in [4.69, 9.17) is 0 Å². The van der Waals surface area contributed by atoms with Crippen molar-refractivity contribution >= 4 is 0 Å². The Kier molecular flexibility index (Phi) is 8.43. The molecule has 0 unspecified atom stereocenters. The summed E-state index contributed by atoms with van der Waals surface area (Å²) in [4.78, 5) is 4.20. The zero-order valence-corrected chi connectivity index (χ0v) is 20.8. The molecule has 0 aliphatic rings. The molecule has 0 N–H and O–H groups in total. The van der Waals surface area contributed by atoms with Crippen LogP contribution in [0.5, 0.6) is 5.75 Å². The average molecular weight is 561 g/mol. The van der Waals surface area contributed by atoms with E-state index in [0.717, 1.165) is 37.0 Å². The quantitative estimate of drug-likeness (QED) is 0.128. The van der Waals surface area contributed by atoms with Crippen molar-refractivity contribution in [3.8, 4) is 28.7 Å². The molecule has 0 saturated carbocycles. The Morgan fingerprint density at radius 3 is 2.02 bits per heavy atom. The molecule has 2 nitrogen and oxygen atoms in total. The highest BCUT2D eigenvalue weighted by Crippen LogP contribution is 2.37. The van der Waals surface area contributed by atoms with Gasteiger partial charge in [0.05, 0.1) is 5.56 Å². The van der Waals surface area contributed by atoms with Gasteiger partial charge in [-0.2, -0.15) is 8.78 Å². The van der Waals surface area contributed by atoms with Crippen LogP contribution in [0.1, 0.15) is 42.1 Å². The van der Waals surface area contributed by atoms with Gasteiger partial charge >= 0.3 is 6.11 Å². The molecule has 0 saturated heterocycles. The SMILES string of the molecule is CCCCc1ccc(C#Cc2ccc(C(F)(F)Oc3cc(F)c(-c4cc(F)c(F)c(F)c4)c(F)c3)c(F)c2)nc1. The highest BCUT2D eigenvalue weighted by atomic mass is 19.3. The summed E-state index contributed by atoms with van der Waals surface area (Å²) in [5.41, 5.74) is -1.45. The molecule has 3 aromatic carbocycles. The lowest BCUT2D eigenvalue weighted by Gasteiger charge is -2.19. The normalized spacial score (nSPS) is 11.2. The summed E-state index contributed by atoms with van der Waals surface area (Å²) in [7, 11) is 0. The van der Waals surface area contributed by atoms with E-state index in [0.29, 0.717) is 36.0 Å². The van der Waals surface area contributed by atoms with E-state index in [2.05, 4.69) is 28.5 Å². The zero-order chi connectivity index (χ0) is 29.0. The number of benzene rings is 3. The van der Waals surface area contributed by atoms with Crippen molar-refractivity contribution in [2.24, 2.45) is 0 Å². The maximum Gasteiger partial charge on any atom is 0.429 e. The summed E-state index contributed by atoms with van der Waals surface area (Å²) < 4.78 is 118. The first-order chi connectivity index (χ1) is 19.0. The van der Waals surface area contributed by atoms with Crippen LogP contribution in [-0.2, 0) is 12.5 Å². The predicted octanol–water partition coefficient (Wildman–Crippen LogP) is 8.45. The molecule has 1 aromatic heterocycles. The van der Waals surface area contributed by atoms with Gasteiger partial charge in [0.15, 0.2) is 17.5 Å². The van der Waals surface area contributed by atoms with Gasteiger partial charge < -0.3 is 4.74 Å². The molecule has 0 aliphatic heterocycles. The molecule has 0 amide bonds. The lowest BCUT2D eigenvalue weighted by molar-refractivity contribution is -0.187. The molecular weight excluding hydrogens is 542 g/mol. The van der Waals surface area contributed by atoms with Gasteiger partial charge in [-0.1, -0.05) is 25.3 Å². The predicted molar refractivity (Wildman–Crippen MR) is 131 cm³/mol. The number of halogens is 8. The Hall–Kier alpha value is -4.39. The molecule has 0 aliphatic carbocycles. The van der Waals surface area contributed by atoms with Crippen molar-refractivity contribution in [2.45, 2.75) is 32.3 Å². The summed E-state index contributed by atoms with van der Waals surface area (Å²) in [5, 5.41) is 0. The second-order valence-corrected chi connectivity index (χ2v) is 8.73. The van der Waals surface area contributed by atoms with Gasteiger partial charge in [0.1, 0.15) is 34.5 Å². The van der Waals surface area contributed by atoms with E-state index >= 15 is 0 Å². The Labute approximate surface area is 224 Å². The maximum absolute atomic E-state index is 14.8. The molecule has 0 atom stereocenters. The maximum atomic E-state index is 14.8. The van der Waals surface area contributed by atoms with E-state index in [1.54, 1.807) is 12.3 Å². The van der Waals surface area contributed by atoms with Crippen molar-refractivity contribution < 1.29 is 39.9 Å². The van der Waals surface area contributed by atoms with E-state index in [-0.39, 0.29) is 5.56 Å². The Morgan fingerprint density at radius 2 is 1.45 bits per heavy atom. The second kappa shape index (κ2) is 11.8. The number of ether oxygens (including phenoxy) is 1. The van der Waals surface area contributed by atoms with Gasteiger partial charge in [-0.05, 0) is 66.3 Å². The van der Waals surface area contributed by atoms with E-state index < -0.39 is 63.5 Å². The first-order valence-corrected chi connectivity index (χ1v) is 12.0. The standard InChI is InChI=1S/C30H19F8NO/c1-2-3-4-18-6-9-20(39-16-18)8-5-17-7-10-22(23(31)11-17)30(37,38)40-21-14-24(32)28(25(33)15-21)19-12-26(34)29(36)27(35)13-19/h6-7,9-16H,2-4H2,1H3. The topological polar surface area (TPSA) is 22.1 Å². The Morgan fingerprint density at radius 1 is 0.775 bits per heavy atom. The third kappa shape index (κ3) is 6.42. The first-order valence-electron chi connectivity index (χ1n) is 12.0. The minimum Gasteiger partial charge on any atom is -0.429 e. The minimum absolute atomic E-state index is 0.0640. The number of alkyl halides is 2. The molecule has 0 bridgehead atoms. The summed E-state index contributed by atoms with van der Waals surface area (Å²) in [6, 6.07) is 7.46. The van der Waals surface area contributed by atoms with Gasteiger partial charge in [-0.15, -0.1) is 0 Å². The third-order valence-electron chi connectivity index (χ3n) is 5.80. The highest BCUT2D eigenvalue weighted by Gasteiger charge is 2.38. The second-order valence-electron chi connectivity index (χ2n) is 8.73. The van der Waals surface area contributed by atoms with Crippen LogP contribution in [-0.4, -0.2) is 4.98 Å². The fourth-order valence-corrected chi connectivity index (χ4v) is 3.78. The molecule has 1 heterocycles. The van der Waals surface area contributed by atoms with Gasteiger partial charge in [0, 0.05) is 23.9 Å². The summed E-state index contributed by atoms with van der Waals surface area (Å²) in [6.45, 7) is 2.07. The number of hydrogen-bond acceptors (Lipinski definition) is 2.